The van der Waals surface area contributed by atoms with E-state index in [0.717, 1.165) is 37.5 Å². The number of allylic oxidation sites excluding steroid dienone is 3. The van der Waals surface area contributed by atoms with Crippen molar-refractivity contribution in [1.82, 2.24) is 0 Å². The largest absolute Gasteiger partial charge is 0.299 e. The van der Waals surface area contributed by atoms with E-state index in [4.69, 9.17) is 0 Å². The Labute approximate surface area is 128 Å². The number of hydrogen-bond acceptors (Lipinski definition) is 1. The molecule has 1 heteroatoms. The smallest absolute Gasteiger partial charge is 0.139 e. The molecule has 0 saturated heterocycles. The minimum absolute atomic E-state index is 0.0197. The van der Waals surface area contributed by atoms with Crippen molar-refractivity contribution < 1.29 is 4.79 Å². The maximum atomic E-state index is 12.6. The van der Waals surface area contributed by atoms with Crippen molar-refractivity contribution in [3.8, 4) is 0 Å². The van der Waals surface area contributed by atoms with Crippen LogP contribution in [-0.2, 0) is 4.79 Å². The summed E-state index contributed by atoms with van der Waals surface area (Å²) < 4.78 is 0. The molecule has 3 fully saturated rings. The lowest BCUT2D eigenvalue weighted by molar-refractivity contribution is -0.130. The average molecular weight is 284 g/mol. The van der Waals surface area contributed by atoms with Crippen LogP contribution in [0.4, 0.5) is 0 Å². The molecule has 0 aromatic heterocycles. The Hall–Kier alpha value is -0.850. The molecule has 4 rings (SSSR count). The SMILES string of the molecule is C=C1CC2(CC)C(=O)CCC2C2CCC3=CCCCC3C12. The third kappa shape index (κ3) is 1.79. The zero-order valence-electron chi connectivity index (χ0n) is 13.4. The highest BCUT2D eigenvalue weighted by Crippen LogP contribution is 2.63. The molecule has 4 aliphatic carbocycles. The summed E-state index contributed by atoms with van der Waals surface area (Å²) in [4.78, 5) is 12.6. The van der Waals surface area contributed by atoms with Gasteiger partial charge in [0.2, 0.25) is 0 Å². The maximum Gasteiger partial charge on any atom is 0.139 e. The molecule has 0 aromatic rings. The molecule has 5 atom stereocenters. The van der Waals surface area contributed by atoms with Gasteiger partial charge in [-0.3, -0.25) is 4.79 Å². The summed E-state index contributed by atoms with van der Waals surface area (Å²) in [7, 11) is 0. The molecule has 21 heavy (non-hydrogen) atoms. The van der Waals surface area contributed by atoms with Crippen LogP contribution in [0.3, 0.4) is 0 Å². The van der Waals surface area contributed by atoms with Crippen LogP contribution >= 0.6 is 0 Å². The molecule has 1 nitrogen and oxygen atoms in total. The summed E-state index contributed by atoms with van der Waals surface area (Å²) in [5.74, 6) is 3.43. The average Bonchev–Trinajstić information content (AvgIpc) is 2.84. The third-order valence-corrected chi connectivity index (χ3v) is 7.37. The Bertz CT molecular complexity index is 514. The molecule has 0 aromatic carbocycles. The van der Waals surface area contributed by atoms with Crippen LogP contribution in [0.2, 0.25) is 0 Å². The fourth-order valence-electron chi connectivity index (χ4n) is 6.49. The Balaban J connectivity index is 1.72. The highest BCUT2D eigenvalue weighted by molar-refractivity contribution is 5.88. The lowest BCUT2D eigenvalue weighted by atomic mass is 9.50. The van der Waals surface area contributed by atoms with Crippen molar-refractivity contribution >= 4 is 5.78 Å². The second kappa shape index (κ2) is 4.83. The van der Waals surface area contributed by atoms with Crippen molar-refractivity contribution in [2.24, 2.45) is 29.1 Å². The monoisotopic (exact) mass is 284 g/mol. The van der Waals surface area contributed by atoms with Crippen molar-refractivity contribution in [3.63, 3.8) is 0 Å². The molecular weight excluding hydrogens is 256 g/mol. The van der Waals surface area contributed by atoms with Crippen LogP contribution in [0.15, 0.2) is 23.8 Å². The van der Waals surface area contributed by atoms with E-state index < -0.39 is 0 Å². The summed E-state index contributed by atoms with van der Waals surface area (Å²) in [6.45, 7) is 6.73. The van der Waals surface area contributed by atoms with Gasteiger partial charge in [0.05, 0.1) is 0 Å². The summed E-state index contributed by atoms with van der Waals surface area (Å²) in [5, 5.41) is 0. The minimum atomic E-state index is -0.0197. The van der Waals surface area contributed by atoms with Crippen LogP contribution in [-0.4, -0.2) is 5.78 Å². The summed E-state index contributed by atoms with van der Waals surface area (Å²) in [6.07, 6.45) is 13.2. The first kappa shape index (κ1) is 13.8. The van der Waals surface area contributed by atoms with Crippen LogP contribution in [0.1, 0.15) is 64.7 Å². The van der Waals surface area contributed by atoms with Gasteiger partial charge in [0.1, 0.15) is 5.78 Å². The highest BCUT2D eigenvalue weighted by atomic mass is 16.1. The molecular formula is C20H28O. The number of hydrogen-bond donors (Lipinski definition) is 0. The Morgan fingerprint density at radius 3 is 2.95 bits per heavy atom. The first-order valence-electron chi connectivity index (χ1n) is 9.07. The van der Waals surface area contributed by atoms with Gasteiger partial charge in [-0.1, -0.05) is 30.7 Å². The highest BCUT2D eigenvalue weighted by Gasteiger charge is 2.58. The molecule has 3 saturated carbocycles. The van der Waals surface area contributed by atoms with Crippen molar-refractivity contribution in [2.75, 3.05) is 0 Å². The van der Waals surface area contributed by atoms with Gasteiger partial charge in [-0.15, -0.1) is 0 Å². The minimum Gasteiger partial charge on any atom is -0.299 e. The number of carbonyl (C=O) groups excluding carboxylic acids is 1. The van der Waals surface area contributed by atoms with Crippen LogP contribution in [0.5, 0.6) is 0 Å². The fourth-order valence-corrected chi connectivity index (χ4v) is 6.49. The lowest BCUT2D eigenvalue weighted by Crippen LogP contribution is -2.48. The van der Waals surface area contributed by atoms with E-state index in [-0.39, 0.29) is 5.41 Å². The topological polar surface area (TPSA) is 17.1 Å². The van der Waals surface area contributed by atoms with Gasteiger partial charge in [0.25, 0.3) is 0 Å². The molecule has 4 aliphatic rings. The van der Waals surface area contributed by atoms with Gasteiger partial charge in [-0.2, -0.15) is 0 Å². The zero-order valence-corrected chi connectivity index (χ0v) is 13.4. The van der Waals surface area contributed by atoms with E-state index in [1.54, 1.807) is 5.57 Å². The van der Waals surface area contributed by atoms with E-state index in [9.17, 15) is 4.79 Å². The van der Waals surface area contributed by atoms with Gasteiger partial charge in [-0.25, -0.2) is 0 Å². The molecule has 0 N–H and O–H groups in total. The van der Waals surface area contributed by atoms with Gasteiger partial charge in [-0.05, 0) is 75.0 Å². The molecule has 0 aliphatic heterocycles. The zero-order chi connectivity index (χ0) is 14.6. The molecule has 0 radical (unpaired) electrons. The Kier molecular flexibility index (Phi) is 3.17. The van der Waals surface area contributed by atoms with Gasteiger partial charge in [0, 0.05) is 11.8 Å². The van der Waals surface area contributed by atoms with E-state index in [1.807, 2.05) is 0 Å². The van der Waals surface area contributed by atoms with Crippen LogP contribution < -0.4 is 0 Å². The molecule has 0 bridgehead atoms. The lowest BCUT2D eigenvalue weighted by Gasteiger charge is -2.54. The summed E-state index contributed by atoms with van der Waals surface area (Å²) >= 11 is 0. The summed E-state index contributed by atoms with van der Waals surface area (Å²) in [6, 6.07) is 0. The number of ketones is 1. The summed E-state index contributed by atoms with van der Waals surface area (Å²) in [5.41, 5.74) is 3.14. The first-order valence-corrected chi connectivity index (χ1v) is 9.07. The van der Waals surface area contributed by atoms with Crippen molar-refractivity contribution in [3.05, 3.63) is 23.8 Å². The van der Waals surface area contributed by atoms with Gasteiger partial charge in [0.15, 0.2) is 0 Å². The normalized spacial score (nSPS) is 45.7. The van der Waals surface area contributed by atoms with E-state index in [1.165, 1.54) is 37.7 Å². The van der Waals surface area contributed by atoms with Gasteiger partial charge < -0.3 is 0 Å². The standard InChI is InChI=1S/C20H28O/c1-3-20-12-13(2)19-15-7-5-4-6-14(15)8-9-16(19)17(20)10-11-18(20)21/h6,15-17,19H,2-5,7-12H2,1H3. The van der Waals surface area contributed by atoms with Crippen molar-refractivity contribution in [1.29, 1.82) is 0 Å². The second-order valence-corrected chi connectivity index (χ2v) is 7.96. The van der Waals surface area contributed by atoms with E-state index in [0.29, 0.717) is 17.6 Å². The quantitative estimate of drug-likeness (QED) is 0.614. The van der Waals surface area contributed by atoms with Crippen molar-refractivity contribution in [2.45, 2.75) is 64.7 Å². The second-order valence-electron chi connectivity index (χ2n) is 7.96. The Morgan fingerprint density at radius 1 is 1.29 bits per heavy atom. The number of fused-ring (bicyclic) bond motifs is 5. The molecule has 114 valence electrons. The number of rotatable bonds is 1. The number of Topliss-reactive ketones (excluding diaryl/α,β-unsaturated/α-hetero) is 1. The number of carbonyl (C=O) groups is 1. The van der Waals surface area contributed by atoms with Crippen LogP contribution in [0, 0.1) is 29.1 Å². The van der Waals surface area contributed by atoms with E-state index in [2.05, 4.69) is 19.6 Å². The predicted octanol–water partition coefficient (Wildman–Crippen LogP) is 5.07. The van der Waals surface area contributed by atoms with Gasteiger partial charge >= 0.3 is 0 Å². The third-order valence-electron chi connectivity index (χ3n) is 7.37. The maximum absolute atomic E-state index is 12.6. The first-order chi connectivity index (χ1) is 10.2. The fraction of sp³-hybridized carbons (Fsp3) is 0.750. The molecule has 0 heterocycles. The van der Waals surface area contributed by atoms with E-state index >= 15 is 0 Å². The Morgan fingerprint density at radius 2 is 2.14 bits per heavy atom. The predicted molar refractivity (Wildman–Crippen MR) is 85.9 cm³/mol. The molecule has 0 amide bonds. The molecule has 5 unspecified atom stereocenters. The van der Waals surface area contributed by atoms with Crippen LogP contribution in [0.25, 0.3) is 0 Å². The molecule has 0 spiro atoms.